The maximum absolute atomic E-state index is 2.45. The number of rotatable bonds is 12. The van der Waals surface area contributed by atoms with Crippen LogP contribution in [0.1, 0.15) is 19.3 Å². The Morgan fingerprint density at radius 2 is 0.800 bits per heavy atom. The average molecular weight is 901 g/mol. The van der Waals surface area contributed by atoms with E-state index in [0.717, 1.165) is 70.4 Å². The third-order valence-electron chi connectivity index (χ3n) is 13.8. The van der Waals surface area contributed by atoms with Gasteiger partial charge in [-0.25, -0.2) is 0 Å². The highest BCUT2D eigenvalue weighted by Crippen LogP contribution is 2.45. The molecular formula is C66H52N4. The topological polar surface area (TPSA) is 13.0 Å². The zero-order valence-corrected chi connectivity index (χ0v) is 39.0. The van der Waals surface area contributed by atoms with Gasteiger partial charge in [0, 0.05) is 73.6 Å². The molecule has 0 aliphatic heterocycles. The lowest BCUT2D eigenvalue weighted by Crippen LogP contribution is -2.21. The van der Waals surface area contributed by atoms with Crippen molar-refractivity contribution in [2.45, 2.75) is 19.3 Å². The Morgan fingerprint density at radius 1 is 0.343 bits per heavy atom. The molecule has 0 N–H and O–H groups in total. The monoisotopic (exact) mass is 900 g/mol. The third-order valence-corrected chi connectivity index (χ3v) is 13.8. The van der Waals surface area contributed by atoms with Crippen molar-refractivity contribution in [1.82, 2.24) is 0 Å². The van der Waals surface area contributed by atoms with E-state index in [0.29, 0.717) is 5.92 Å². The summed E-state index contributed by atoms with van der Waals surface area (Å²) in [6, 6.07) is 79.2. The smallest absolute Gasteiger partial charge is 0.0540 e. The van der Waals surface area contributed by atoms with Gasteiger partial charge >= 0.3 is 0 Å². The Hall–Kier alpha value is -8.86. The van der Waals surface area contributed by atoms with Gasteiger partial charge in [-0.15, -0.1) is 0 Å². The van der Waals surface area contributed by atoms with Crippen LogP contribution in [0.4, 0.5) is 56.9 Å². The van der Waals surface area contributed by atoms with Crippen LogP contribution in [0.15, 0.2) is 290 Å². The van der Waals surface area contributed by atoms with Gasteiger partial charge in [0.25, 0.3) is 0 Å². The van der Waals surface area contributed by atoms with Crippen LogP contribution in [0.2, 0.25) is 0 Å². The van der Waals surface area contributed by atoms with Crippen LogP contribution >= 0.6 is 0 Å². The molecular weight excluding hydrogens is 849 g/mol. The summed E-state index contributed by atoms with van der Waals surface area (Å²) < 4.78 is 0. The van der Waals surface area contributed by atoms with Gasteiger partial charge in [-0.2, -0.15) is 0 Å². The Kier molecular flexibility index (Phi) is 11.6. The fraction of sp³-hybridized carbons (Fsp3) is 0.0606. The molecule has 0 fully saturated rings. The first kappa shape index (κ1) is 42.5. The van der Waals surface area contributed by atoms with Crippen molar-refractivity contribution in [2.75, 3.05) is 19.6 Å². The lowest BCUT2D eigenvalue weighted by molar-refractivity contribution is 0.763. The number of anilines is 10. The number of allylic oxidation sites excluding steroid dienone is 11. The molecule has 0 heterocycles. The summed E-state index contributed by atoms with van der Waals surface area (Å²) >= 11 is 0. The molecule has 3 aliphatic carbocycles. The Labute approximate surface area is 411 Å². The van der Waals surface area contributed by atoms with Gasteiger partial charge in [-0.3, -0.25) is 0 Å². The second-order valence-electron chi connectivity index (χ2n) is 18.0. The number of hydrogen-bond acceptors (Lipinski definition) is 4. The van der Waals surface area contributed by atoms with Crippen LogP contribution in [0, 0.1) is 5.92 Å². The van der Waals surface area contributed by atoms with Crippen molar-refractivity contribution in [3.63, 3.8) is 0 Å². The second kappa shape index (κ2) is 19.0. The number of fused-ring (bicyclic) bond motifs is 3. The molecule has 9 aromatic carbocycles. The quantitative estimate of drug-likeness (QED) is 0.121. The highest BCUT2D eigenvalue weighted by atomic mass is 15.2. The Morgan fingerprint density at radius 3 is 1.36 bits per heavy atom. The molecule has 3 aliphatic rings. The predicted octanol–water partition coefficient (Wildman–Crippen LogP) is 18.4. The van der Waals surface area contributed by atoms with Crippen LogP contribution in [0.5, 0.6) is 0 Å². The van der Waals surface area contributed by atoms with Gasteiger partial charge < -0.3 is 19.6 Å². The molecule has 0 saturated heterocycles. The fourth-order valence-corrected chi connectivity index (χ4v) is 10.4. The highest BCUT2D eigenvalue weighted by Gasteiger charge is 2.25. The maximum Gasteiger partial charge on any atom is 0.0540 e. The molecule has 1 unspecified atom stereocenters. The first-order valence-electron chi connectivity index (χ1n) is 24.4. The van der Waals surface area contributed by atoms with E-state index in [1.165, 1.54) is 44.2 Å². The summed E-state index contributed by atoms with van der Waals surface area (Å²) in [4.78, 5) is 9.60. The normalized spacial score (nSPS) is 14.9. The minimum absolute atomic E-state index is 0.359. The standard InChI is InChI=1S/C66H52N4/c1-4-25-52(26-5-1)68(64-34-16-22-49-19-10-13-31-61(49)64)58-43-37-55(38-44-58)67(56-39-45-59(46-40-56)69(53-27-6-2-7-28-53)65-35-17-23-50-20-11-14-32-62(50)65)57-41-47-60(48-42-57)70(54-29-8-3-9-30-54)66-36-18-24-51-21-12-15-33-63(51)66/h1-8,10-22,24-29,31-48,50H,9,23,30H2. The lowest BCUT2D eigenvalue weighted by atomic mass is 9.86. The largest absolute Gasteiger partial charge is 0.314 e. The van der Waals surface area contributed by atoms with E-state index in [1.54, 1.807) is 0 Å². The molecule has 336 valence electrons. The minimum atomic E-state index is 0.359. The molecule has 12 rings (SSSR count). The van der Waals surface area contributed by atoms with Crippen molar-refractivity contribution in [2.24, 2.45) is 5.92 Å². The van der Waals surface area contributed by atoms with E-state index < -0.39 is 0 Å². The summed E-state index contributed by atoms with van der Waals surface area (Å²) in [5.41, 5.74) is 14.9. The van der Waals surface area contributed by atoms with Crippen LogP contribution in [0.3, 0.4) is 0 Å². The van der Waals surface area contributed by atoms with E-state index in [2.05, 4.69) is 293 Å². The molecule has 0 saturated carbocycles. The van der Waals surface area contributed by atoms with Crippen LogP contribution in [-0.4, -0.2) is 0 Å². The summed E-state index contributed by atoms with van der Waals surface area (Å²) in [6.07, 6.45) is 23.3. The Bertz CT molecular complexity index is 3500. The molecule has 0 radical (unpaired) electrons. The summed E-state index contributed by atoms with van der Waals surface area (Å²) in [7, 11) is 0. The summed E-state index contributed by atoms with van der Waals surface area (Å²) in [6.45, 7) is 0. The van der Waals surface area contributed by atoms with Gasteiger partial charge in [0.05, 0.1) is 11.4 Å². The van der Waals surface area contributed by atoms with Crippen LogP contribution in [-0.2, 0) is 0 Å². The van der Waals surface area contributed by atoms with E-state index >= 15 is 0 Å². The zero-order valence-electron chi connectivity index (χ0n) is 39.0. The van der Waals surface area contributed by atoms with Gasteiger partial charge in [-0.1, -0.05) is 152 Å². The first-order chi connectivity index (χ1) is 34.7. The Balaban J connectivity index is 0.975. The average Bonchev–Trinajstić information content (AvgIpc) is 3.43. The third kappa shape index (κ3) is 8.20. The molecule has 4 nitrogen and oxygen atoms in total. The molecule has 0 aromatic heterocycles. The first-order valence-corrected chi connectivity index (χ1v) is 24.4. The summed E-state index contributed by atoms with van der Waals surface area (Å²) in [5, 5.41) is 4.87. The van der Waals surface area contributed by atoms with Crippen molar-refractivity contribution >= 4 is 78.4 Å². The molecule has 1 atom stereocenters. The molecule has 0 bridgehead atoms. The molecule has 4 heteroatoms. The highest BCUT2D eigenvalue weighted by molar-refractivity contribution is 6.00. The predicted molar refractivity (Wildman–Crippen MR) is 297 cm³/mol. The van der Waals surface area contributed by atoms with E-state index in [1.807, 2.05) is 0 Å². The molecule has 9 aromatic rings. The van der Waals surface area contributed by atoms with Crippen molar-refractivity contribution in [3.05, 3.63) is 290 Å². The second-order valence-corrected chi connectivity index (χ2v) is 18.0. The molecule has 0 amide bonds. The summed E-state index contributed by atoms with van der Waals surface area (Å²) in [5.74, 6) is 0.359. The SMILES string of the molecule is C1=CCCC(N(c2ccc(N(c3ccc(N(C4=C5C=CC=CC5CC=C4)c4ccccc4)cc3)c3ccc(N(c4ccccc4)c4cccc5ccccc45)cc3)cc2)c2cccc3ccccc23)=C1. The van der Waals surface area contributed by atoms with Crippen LogP contribution < -0.4 is 19.6 Å². The van der Waals surface area contributed by atoms with Crippen molar-refractivity contribution < 1.29 is 0 Å². The molecule has 0 spiro atoms. The van der Waals surface area contributed by atoms with Gasteiger partial charge in [0.1, 0.15) is 0 Å². The lowest BCUT2D eigenvalue weighted by Gasteiger charge is -2.33. The maximum atomic E-state index is 2.45. The van der Waals surface area contributed by atoms with Gasteiger partial charge in [-0.05, 0) is 157 Å². The van der Waals surface area contributed by atoms with E-state index in [-0.39, 0.29) is 0 Å². The number of nitrogens with zero attached hydrogens (tertiary/aromatic N) is 4. The van der Waals surface area contributed by atoms with Gasteiger partial charge in [0.15, 0.2) is 0 Å². The fourth-order valence-electron chi connectivity index (χ4n) is 10.4. The molecule has 70 heavy (non-hydrogen) atoms. The number of benzene rings is 9. The van der Waals surface area contributed by atoms with Crippen molar-refractivity contribution in [3.8, 4) is 0 Å². The number of para-hydroxylation sites is 2. The van der Waals surface area contributed by atoms with E-state index in [9.17, 15) is 0 Å². The number of hydrogen-bond donors (Lipinski definition) is 0. The van der Waals surface area contributed by atoms with Crippen LogP contribution in [0.25, 0.3) is 21.5 Å². The minimum Gasteiger partial charge on any atom is -0.314 e. The van der Waals surface area contributed by atoms with Crippen molar-refractivity contribution in [1.29, 1.82) is 0 Å². The zero-order chi connectivity index (χ0) is 46.6. The van der Waals surface area contributed by atoms with E-state index in [4.69, 9.17) is 0 Å². The van der Waals surface area contributed by atoms with Gasteiger partial charge in [0.2, 0.25) is 0 Å².